The van der Waals surface area contributed by atoms with Crippen molar-refractivity contribution >= 4 is 7.12 Å². The molecule has 0 aliphatic rings. The standard InChI is InChI=1S/C5H9BO2/c1-2-3-4-5-6(7)8/h7-8H,4-5H2,1H3. The van der Waals surface area contributed by atoms with Crippen LogP contribution in [0.3, 0.4) is 0 Å². The van der Waals surface area contributed by atoms with Crippen molar-refractivity contribution < 1.29 is 10.0 Å². The molecule has 0 heterocycles. The molecule has 0 aromatic heterocycles. The summed E-state index contributed by atoms with van der Waals surface area (Å²) in [7, 11) is -1.20. The van der Waals surface area contributed by atoms with Gasteiger partial charge >= 0.3 is 7.12 Å². The number of hydrogen-bond donors (Lipinski definition) is 2. The minimum atomic E-state index is -1.20. The normalized spacial score (nSPS) is 7.38. The first-order valence-corrected chi connectivity index (χ1v) is 2.53. The van der Waals surface area contributed by atoms with E-state index in [9.17, 15) is 0 Å². The van der Waals surface area contributed by atoms with Crippen LogP contribution in [0.15, 0.2) is 0 Å². The summed E-state index contributed by atoms with van der Waals surface area (Å²) in [5.74, 6) is 5.36. The Kier molecular flexibility index (Phi) is 4.43. The predicted molar refractivity (Wildman–Crippen MR) is 33.1 cm³/mol. The lowest BCUT2D eigenvalue weighted by molar-refractivity contribution is 0.406. The van der Waals surface area contributed by atoms with E-state index < -0.39 is 7.12 Å². The summed E-state index contributed by atoms with van der Waals surface area (Å²) in [6.07, 6.45) is 0.912. The highest BCUT2D eigenvalue weighted by Crippen LogP contribution is 1.87. The Morgan fingerprint density at radius 3 is 2.50 bits per heavy atom. The van der Waals surface area contributed by atoms with Crippen molar-refractivity contribution in [3.05, 3.63) is 0 Å². The lowest BCUT2D eigenvalue weighted by Gasteiger charge is -1.88. The van der Waals surface area contributed by atoms with Gasteiger partial charge in [-0.3, -0.25) is 0 Å². The van der Waals surface area contributed by atoms with Crippen LogP contribution in [0.4, 0.5) is 0 Å². The predicted octanol–water partition coefficient (Wildman–Crippen LogP) is -0.127. The van der Waals surface area contributed by atoms with Gasteiger partial charge in [0.2, 0.25) is 0 Å². The summed E-state index contributed by atoms with van der Waals surface area (Å²) >= 11 is 0. The number of hydrogen-bond acceptors (Lipinski definition) is 2. The second kappa shape index (κ2) is 4.70. The van der Waals surface area contributed by atoms with Crippen molar-refractivity contribution in [1.29, 1.82) is 0 Å². The molecule has 3 heteroatoms. The lowest BCUT2D eigenvalue weighted by Crippen LogP contribution is -2.08. The molecule has 0 fully saturated rings. The van der Waals surface area contributed by atoms with E-state index in [0.29, 0.717) is 12.7 Å². The van der Waals surface area contributed by atoms with Crippen LogP contribution in [-0.2, 0) is 0 Å². The summed E-state index contributed by atoms with van der Waals surface area (Å²) in [4.78, 5) is 0. The third-order valence-corrected chi connectivity index (χ3v) is 0.704. The van der Waals surface area contributed by atoms with Gasteiger partial charge in [-0.2, -0.15) is 0 Å². The molecule has 0 amide bonds. The van der Waals surface area contributed by atoms with Gasteiger partial charge in [-0.15, -0.1) is 11.8 Å². The smallest absolute Gasteiger partial charge is 0.427 e. The molecule has 44 valence electrons. The van der Waals surface area contributed by atoms with E-state index in [2.05, 4.69) is 11.8 Å². The molecular weight excluding hydrogens is 103 g/mol. The average molecular weight is 112 g/mol. The third kappa shape index (κ3) is 5.54. The molecule has 0 saturated carbocycles. The monoisotopic (exact) mass is 112 g/mol. The Balaban J connectivity index is 3.01. The van der Waals surface area contributed by atoms with Crippen LogP contribution in [0.1, 0.15) is 13.3 Å². The van der Waals surface area contributed by atoms with E-state index in [-0.39, 0.29) is 0 Å². The largest absolute Gasteiger partial charge is 0.452 e. The molecule has 0 aliphatic heterocycles. The fourth-order valence-corrected chi connectivity index (χ4v) is 0.326. The molecule has 0 atom stereocenters. The van der Waals surface area contributed by atoms with Crippen LogP contribution in [0, 0.1) is 11.8 Å². The molecule has 2 nitrogen and oxygen atoms in total. The van der Waals surface area contributed by atoms with Gasteiger partial charge in [0.25, 0.3) is 0 Å². The molecule has 0 spiro atoms. The second-order valence-electron chi connectivity index (χ2n) is 1.45. The van der Waals surface area contributed by atoms with E-state index in [1.54, 1.807) is 6.92 Å². The maximum Gasteiger partial charge on any atom is 0.452 e. The van der Waals surface area contributed by atoms with Crippen LogP contribution in [-0.4, -0.2) is 17.2 Å². The van der Waals surface area contributed by atoms with Gasteiger partial charge in [0.1, 0.15) is 0 Å². The quantitative estimate of drug-likeness (QED) is 0.386. The lowest BCUT2D eigenvalue weighted by atomic mass is 9.85. The maximum absolute atomic E-state index is 8.27. The molecule has 2 N–H and O–H groups in total. The van der Waals surface area contributed by atoms with Crippen molar-refractivity contribution in [2.45, 2.75) is 19.7 Å². The van der Waals surface area contributed by atoms with Gasteiger partial charge in [-0.1, -0.05) is 0 Å². The van der Waals surface area contributed by atoms with Gasteiger partial charge in [-0.25, -0.2) is 0 Å². The first-order valence-electron chi connectivity index (χ1n) is 2.53. The fourth-order valence-electron chi connectivity index (χ4n) is 0.326. The molecular formula is C5H9BO2. The summed E-state index contributed by atoms with van der Waals surface area (Å²) in [5.41, 5.74) is 0. The maximum atomic E-state index is 8.27. The molecule has 0 aromatic carbocycles. The van der Waals surface area contributed by atoms with E-state index >= 15 is 0 Å². The summed E-state index contributed by atoms with van der Waals surface area (Å²) < 4.78 is 0. The highest BCUT2D eigenvalue weighted by Gasteiger charge is 2.02. The van der Waals surface area contributed by atoms with Gasteiger partial charge in [0, 0.05) is 6.42 Å². The summed E-state index contributed by atoms with van der Waals surface area (Å²) in [6, 6.07) is 0. The molecule has 0 aliphatic carbocycles. The topological polar surface area (TPSA) is 40.5 Å². The van der Waals surface area contributed by atoms with Crippen LogP contribution >= 0.6 is 0 Å². The third-order valence-electron chi connectivity index (χ3n) is 0.704. The average Bonchev–Trinajstić information content (AvgIpc) is 1.66. The van der Waals surface area contributed by atoms with Crippen molar-refractivity contribution in [2.24, 2.45) is 0 Å². The van der Waals surface area contributed by atoms with Crippen LogP contribution in [0.25, 0.3) is 0 Å². The van der Waals surface area contributed by atoms with Crippen molar-refractivity contribution in [3.63, 3.8) is 0 Å². The van der Waals surface area contributed by atoms with Crippen molar-refractivity contribution in [1.82, 2.24) is 0 Å². The fraction of sp³-hybridized carbons (Fsp3) is 0.600. The Morgan fingerprint density at radius 2 is 2.12 bits per heavy atom. The molecule has 8 heavy (non-hydrogen) atoms. The van der Waals surface area contributed by atoms with E-state index in [1.165, 1.54) is 0 Å². The van der Waals surface area contributed by atoms with Gasteiger partial charge in [0.05, 0.1) is 0 Å². The van der Waals surface area contributed by atoms with Crippen LogP contribution < -0.4 is 0 Å². The Hall–Kier alpha value is -0.455. The minimum Gasteiger partial charge on any atom is -0.427 e. The molecule has 0 aromatic rings. The molecule has 0 saturated heterocycles. The Morgan fingerprint density at radius 1 is 1.50 bits per heavy atom. The summed E-state index contributed by atoms with van der Waals surface area (Å²) in [6.45, 7) is 1.73. The first kappa shape index (κ1) is 7.54. The zero-order valence-electron chi connectivity index (χ0n) is 4.89. The first-order chi connectivity index (χ1) is 3.77. The van der Waals surface area contributed by atoms with E-state index in [0.717, 1.165) is 0 Å². The highest BCUT2D eigenvalue weighted by molar-refractivity contribution is 6.41. The van der Waals surface area contributed by atoms with Gasteiger partial charge < -0.3 is 10.0 Å². The van der Waals surface area contributed by atoms with Crippen LogP contribution in [0.5, 0.6) is 0 Å². The van der Waals surface area contributed by atoms with Crippen molar-refractivity contribution in [2.75, 3.05) is 0 Å². The summed E-state index contributed by atoms with van der Waals surface area (Å²) in [5, 5.41) is 16.5. The van der Waals surface area contributed by atoms with E-state index in [1.807, 2.05) is 0 Å². The van der Waals surface area contributed by atoms with E-state index in [4.69, 9.17) is 10.0 Å². The van der Waals surface area contributed by atoms with Gasteiger partial charge in [-0.05, 0) is 13.2 Å². The zero-order chi connectivity index (χ0) is 6.41. The van der Waals surface area contributed by atoms with Gasteiger partial charge in [0.15, 0.2) is 0 Å². The Labute approximate surface area is 49.7 Å². The Bertz CT molecular complexity index is 101. The van der Waals surface area contributed by atoms with Crippen LogP contribution in [0.2, 0.25) is 6.32 Å². The minimum absolute atomic E-state index is 0.348. The highest BCUT2D eigenvalue weighted by atomic mass is 16.4. The molecule has 0 rings (SSSR count). The number of rotatable bonds is 2. The molecule has 0 bridgehead atoms. The zero-order valence-corrected chi connectivity index (χ0v) is 4.89. The van der Waals surface area contributed by atoms with Crippen molar-refractivity contribution in [3.8, 4) is 11.8 Å². The molecule has 0 radical (unpaired) electrons. The molecule has 0 unspecified atom stereocenters. The second-order valence-corrected chi connectivity index (χ2v) is 1.45. The SMILES string of the molecule is CC#CCCB(O)O.